The lowest BCUT2D eigenvalue weighted by Crippen LogP contribution is -2.38. The highest BCUT2D eigenvalue weighted by molar-refractivity contribution is 5.98. The third-order valence-corrected chi connectivity index (χ3v) is 4.25. The van der Waals surface area contributed by atoms with Gasteiger partial charge >= 0.3 is 0 Å². The van der Waals surface area contributed by atoms with Crippen molar-refractivity contribution < 1.29 is 10.3 Å². The second-order valence-electron chi connectivity index (χ2n) is 5.63. The van der Waals surface area contributed by atoms with Crippen molar-refractivity contribution >= 4 is 5.84 Å². The zero-order chi connectivity index (χ0) is 15.1. The summed E-state index contributed by atoms with van der Waals surface area (Å²) in [5.74, 6) is 0.137. The van der Waals surface area contributed by atoms with Crippen LogP contribution in [0.5, 0.6) is 0 Å². The quantitative estimate of drug-likeness (QED) is 0.324. The van der Waals surface area contributed by atoms with Gasteiger partial charge in [-0.1, -0.05) is 48.7 Å². The van der Waals surface area contributed by atoms with Gasteiger partial charge in [0.25, 0.3) is 0 Å². The molecule has 1 aliphatic rings. The van der Waals surface area contributed by atoms with Crippen LogP contribution >= 0.6 is 0 Å². The van der Waals surface area contributed by atoms with Crippen LogP contribution in [0.3, 0.4) is 0 Å². The van der Waals surface area contributed by atoms with Crippen LogP contribution < -0.4 is 5.73 Å². The molecule has 1 aliphatic carbocycles. The molecular formula is C16H25N3O2. The molecule has 0 unspecified atom stereocenters. The fourth-order valence-electron chi connectivity index (χ4n) is 3.15. The van der Waals surface area contributed by atoms with Crippen molar-refractivity contribution in [1.29, 1.82) is 0 Å². The number of rotatable bonds is 6. The third kappa shape index (κ3) is 4.19. The number of oxime groups is 1. The molecule has 4 N–H and O–H groups in total. The smallest absolute Gasteiger partial charge is 0.170 e. The van der Waals surface area contributed by atoms with Crippen molar-refractivity contribution in [2.45, 2.75) is 44.7 Å². The normalized spacial score (nSPS) is 17.3. The van der Waals surface area contributed by atoms with Crippen LogP contribution in [0.4, 0.5) is 0 Å². The van der Waals surface area contributed by atoms with Gasteiger partial charge in [-0.25, -0.2) is 0 Å². The largest absolute Gasteiger partial charge is 0.409 e. The van der Waals surface area contributed by atoms with Crippen molar-refractivity contribution in [3.8, 4) is 0 Å². The minimum absolute atomic E-state index is 0.137. The van der Waals surface area contributed by atoms with Crippen molar-refractivity contribution in [1.82, 2.24) is 4.90 Å². The number of benzene rings is 1. The van der Waals surface area contributed by atoms with Crippen LogP contribution in [0, 0.1) is 0 Å². The predicted molar refractivity (Wildman–Crippen MR) is 83.3 cm³/mol. The molecule has 1 aromatic rings. The second kappa shape index (κ2) is 8.00. The molecule has 21 heavy (non-hydrogen) atoms. The molecular weight excluding hydrogens is 266 g/mol. The second-order valence-corrected chi connectivity index (χ2v) is 5.63. The average Bonchev–Trinajstić information content (AvgIpc) is 2.55. The van der Waals surface area contributed by atoms with E-state index in [-0.39, 0.29) is 12.4 Å². The van der Waals surface area contributed by atoms with Crippen molar-refractivity contribution in [2.24, 2.45) is 10.9 Å². The van der Waals surface area contributed by atoms with Gasteiger partial charge in [-0.15, -0.1) is 0 Å². The summed E-state index contributed by atoms with van der Waals surface area (Å²) in [6.45, 7) is 1.54. The van der Waals surface area contributed by atoms with E-state index in [1.165, 1.54) is 32.1 Å². The maximum Gasteiger partial charge on any atom is 0.170 e. The van der Waals surface area contributed by atoms with Crippen LogP contribution in [0.15, 0.2) is 29.4 Å². The number of aliphatic hydroxyl groups excluding tert-OH is 1. The summed E-state index contributed by atoms with van der Waals surface area (Å²) in [6.07, 6.45) is 6.20. The number of nitrogens with two attached hydrogens (primary N) is 1. The SMILES string of the molecule is NC(=NO)c1ccccc1CN(CCO)C1CCCCC1. The van der Waals surface area contributed by atoms with Crippen molar-refractivity contribution in [2.75, 3.05) is 13.2 Å². The number of hydrogen-bond acceptors (Lipinski definition) is 4. The lowest BCUT2D eigenvalue weighted by atomic mass is 9.93. The Kier molecular flexibility index (Phi) is 6.02. The van der Waals surface area contributed by atoms with E-state index in [1.54, 1.807) is 0 Å². The van der Waals surface area contributed by atoms with E-state index < -0.39 is 0 Å². The maximum atomic E-state index is 9.34. The average molecular weight is 291 g/mol. The highest BCUT2D eigenvalue weighted by Crippen LogP contribution is 2.24. The number of hydrogen-bond donors (Lipinski definition) is 3. The van der Waals surface area contributed by atoms with Gasteiger partial charge in [-0.05, 0) is 18.4 Å². The van der Waals surface area contributed by atoms with Gasteiger partial charge in [0.15, 0.2) is 5.84 Å². The van der Waals surface area contributed by atoms with E-state index >= 15 is 0 Å². The summed E-state index contributed by atoms with van der Waals surface area (Å²) < 4.78 is 0. The van der Waals surface area contributed by atoms with Crippen molar-refractivity contribution in [3.05, 3.63) is 35.4 Å². The molecule has 0 saturated heterocycles. The molecule has 0 aliphatic heterocycles. The van der Waals surface area contributed by atoms with Gasteiger partial charge in [0.1, 0.15) is 0 Å². The predicted octanol–water partition coefficient (Wildman–Crippen LogP) is 1.91. The van der Waals surface area contributed by atoms with E-state index in [0.717, 1.165) is 17.7 Å². The number of amidine groups is 1. The topological polar surface area (TPSA) is 82.1 Å². The molecule has 1 aromatic carbocycles. The molecule has 0 heterocycles. The van der Waals surface area contributed by atoms with Gasteiger partial charge in [-0.3, -0.25) is 4.90 Å². The third-order valence-electron chi connectivity index (χ3n) is 4.25. The molecule has 116 valence electrons. The van der Waals surface area contributed by atoms with Gasteiger partial charge < -0.3 is 16.0 Å². The fraction of sp³-hybridized carbons (Fsp3) is 0.562. The zero-order valence-corrected chi connectivity index (χ0v) is 12.4. The molecule has 0 bridgehead atoms. The Morgan fingerprint density at radius 1 is 1.24 bits per heavy atom. The van der Waals surface area contributed by atoms with Crippen LogP contribution in [-0.2, 0) is 6.54 Å². The Hall–Kier alpha value is -1.59. The Morgan fingerprint density at radius 2 is 1.95 bits per heavy atom. The van der Waals surface area contributed by atoms with Gasteiger partial charge in [0, 0.05) is 24.7 Å². The summed E-state index contributed by atoms with van der Waals surface area (Å²) in [5.41, 5.74) is 7.55. The lowest BCUT2D eigenvalue weighted by Gasteiger charge is -2.34. The van der Waals surface area contributed by atoms with Crippen LogP contribution in [-0.4, -0.2) is 40.2 Å². The highest BCUT2D eigenvalue weighted by Gasteiger charge is 2.21. The van der Waals surface area contributed by atoms with Gasteiger partial charge in [0.05, 0.1) is 6.61 Å². The number of nitrogens with zero attached hydrogens (tertiary/aromatic N) is 2. The highest BCUT2D eigenvalue weighted by atomic mass is 16.4. The standard InChI is InChI=1S/C16H25N3O2/c17-16(18-21)15-9-5-4-6-13(15)12-19(10-11-20)14-7-2-1-3-8-14/h4-6,9,14,20-21H,1-3,7-8,10-12H2,(H2,17,18). The van der Waals surface area contributed by atoms with E-state index in [4.69, 9.17) is 10.9 Å². The Labute approximate surface area is 126 Å². The maximum absolute atomic E-state index is 9.34. The first-order valence-electron chi connectivity index (χ1n) is 7.67. The lowest BCUT2D eigenvalue weighted by molar-refractivity contribution is 0.117. The first-order chi connectivity index (χ1) is 10.3. The Morgan fingerprint density at radius 3 is 2.62 bits per heavy atom. The zero-order valence-electron chi connectivity index (χ0n) is 12.4. The first kappa shape index (κ1) is 15.8. The monoisotopic (exact) mass is 291 g/mol. The van der Waals surface area contributed by atoms with E-state index in [0.29, 0.717) is 12.6 Å². The van der Waals surface area contributed by atoms with Crippen LogP contribution in [0.25, 0.3) is 0 Å². The molecule has 1 saturated carbocycles. The molecule has 5 nitrogen and oxygen atoms in total. The Balaban J connectivity index is 2.16. The van der Waals surface area contributed by atoms with Crippen LogP contribution in [0.1, 0.15) is 43.2 Å². The minimum Gasteiger partial charge on any atom is -0.409 e. The Bertz CT molecular complexity index is 470. The van der Waals surface area contributed by atoms with E-state index in [2.05, 4.69) is 10.1 Å². The molecule has 0 atom stereocenters. The minimum atomic E-state index is 0.137. The van der Waals surface area contributed by atoms with Gasteiger partial charge in [0.2, 0.25) is 0 Å². The molecule has 0 spiro atoms. The van der Waals surface area contributed by atoms with E-state index in [1.807, 2.05) is 24.3 Å². The summed E-state index contributed by atoms with van der Waals surface area (Å²) in [5, 5.41) is 21.4. The van der Waals surface area contributed by atoms with Crippen molar-refractivity contribution in [3.63, 3.8) is 0 Å². The van der Waals surface area contributed by atoms with E-state index in [9.17, 15) is 5.11 Å². The number of aliphatic hydroxyl groups is 1. The summed E-state index contributed by atoms with van der Waals surface area (Å²) in [4.78, 5) is 2.32. The molecule has 5 heteroatoms. The molecule has 1 fully saturated rings. The molecule has 0 radical (unpaired) electrons. The molecule has 0 amide bonds. The molecule has 0 aromatic heterocycles. The summed E-state index contributed by atoms with van der Waals surface area (Å²) >= 11 is 0. The molecule has 2 rings (SSSR count). The van der Waals surface area contributed by atoms with Crippen LogP contribution in [0.2, 0.25) is 0 Å². The fourth-order valence-corrected chi connectivity index (χ4v) is 3.15. The first-order valence-corrected chi connectivity index (χ1v) is 7.67. The summed E-state index contributed by atoms with van der Waals surface area (Å²) in [6, 6.07) is 8.23. The van der Waals surface area contributed by atoms with Gasteiger partial charge in [-0.2, -0.15) is 0 Å². The summed E-state index contributed by atoms with van der Waals surface area (Å²) in [7, 11) is 0.